The fourth-order valence-corrected chi connectivity index (χ4v) is 4.93. The first-order valence-electron chi connectivity index (χ1n) is 12.3. The lowest BCUT2D eigenvalue weighted by molar-refractivity contribution is -0.112. The van der Waals surface area contributed by atoms with Gasteiger partial charge < -0.3 is 20.5 Å². The number of hydrogen-bond acceptors (Lipinski definition) is 6. The van der Waals surface area contributed by atoms with E-state index in [1.807, 2.05) is 48.0 Å². The van der Waals surface area contributed by atoms with Gasteiger partial charge in [0.1, 0.15) is 23.8 Å². The molecule has 190 valence electrons. The number of carbonyl (C=O) groups is 2. The molecule has 1 aliphatic rings. The average Bonchev–Trinajstić information content (AvgIpc) is 3.52. The number of carbonyl (C=O) groups excluding carboxylic acids is 2. The van der Waals surface area contributed by atoms with Crippen LogP contribution in [-0.4, -0.2) is 43.8 Å². The van der Waals surface area contributed by atoms with Crippen LogP contribution in [0.5, 0.6) is 0 Å². The van der Waals surface area contributed by atoms with Crippen molar-refractivity contribution in [1.29, 1.82) is 5.26 Å². The lowest BCUT2D eigenvalue weighted by atomic mass is 9.97. The Balaban J connectivity index is 1.58. The number of hydrogen-bond donors (Lipinski definition) is 2. The second kappa shape index (κ2) is 9.82. The number of nitrogens with one attached hydrogen (secondary N) is 1. The third kappa shape index (κ3) is 4.26. The van der Waals surface area contributed by atoms with Gasteiger partial charge in [0, 0.05) is 36.0 Å². The Hall–Kier alpha value is -4.97. The summed E-state index contributed by atoms with van der Waals surface area (Å²) in [7, 11) is 1.91. The summed E-state index contributed by atoms with van der Waals surface area (Å²) >= 11 is 0. The Bertz CT molecular complexity index is 1610. The molecule has 5 rings (SSSR count). The van der Waals surface area contributed by atoms with Crippen molar-refractivity contribution in [2.45, 2.75) is 25.8 Å². The van der Waals surface area contributed by atoms with Crippen LogP contribution in [0.4, 0.5) is 11.5 Å². The number of aromatic nitrogens is 3. The lowest BCUT2D eigenvalue weighted by Crippen LogP contribution is -2.34. The number of nitrogens with two attached hydrogens (primary N) is 1. The highest BCUT2D eigenvalue weighted by molar-refractivity contribution is 6.08. The van der Waals surface area contributed by atoms with E-state index < -0.39 is 0 Å². The van der Waals surface area contributed by atoms with Crippen molar-refractivity contribution in [3.05, 3.63) is 72.6 Å². The molecule has 0 saturated carbocycles. The summed E-state index contributed by atoms with van der Waals surface area (Å²) in [5, 5.41) is 12.9. The number of nitrogen functional groups attached to an aromatic ring is 1. The monoisotopic (exact) mass is 505 g/mol. The van der Waals surface area contributed by atoms with Crippen molar-refractivity contribution >= 4 is 34.4 Å². The van der Waals surface area contributed by atoms with Gasteiger partial charge in [0.2, 0.25) is 0 Å². The van der Waals surface area contributed by atoms with Gasteiger partial charge in [0.05, 0.1) is 17.1 Å². The fourth-order valence-electron chi connectivity index (χ4n) is 4.93. The molecule has 2 amide bonds. The molecule has 9 nitrogen and oxygen atoms in total. The minimum absolute atomic E-state index is 0.144. The molecule has 1 unspecified atom stereocenters. The predicted octanol–water partition coefficient (Wildman–Crippen LogP) is 4.53. The van der Waals surface area contributed by atoms with Gasteiger partial charge in [-0.15, -0.1) is 0 Å². The Labute approximate surface area is 220 Å². The summed E-state index contributed by atoms with van der Waals surface area (Å²) in [5.74, 6) is -0.0315. The predicted molar refractivity (Wildman–Crippen MR) is 147 cm³/mol. The Morgan fingerprint density at radius 2 is 1.79 bits per heavy atom. The first kappa shape index (κ1) is 24.7. The number of nitriles is 1. The number of likely N-dealkylation sites (tertiary alicyclic amines) is 1. The normalized spacial score (nSPS) is 14.9. The molecule has 2 aromatic heterocycles. The van der Waals surface area contributed by atoms with Crippen molar-refractivity contribution in [2.75, 3.05) is 17.6 Å². The van der Waals surface area contributed by atoms with E-state index in [0.29, 0.717) is 46.6 Å². The van der Waals surface area contributed by atoms with Gasteiger partial charge in [-0.25, -0.2) is 9.97 Å². The molecule has 0 radical (unpaired) electrons. The first-order valence-corrected chi connectivity index (χ1v) is 12.3. The Morgan fingerprint density at radius 3 is 2.45 bits per heavy atom. The highest BCUT2D eigenvalue weighted by atomic mass is 16.2. The third-order valence-electron chi connectivity index (χ3n) is 6.88. The first-order chi connectivity index (χ1) is 18.3. The molecular weight excluding hydrogens is 478 g/mol. The number of nitrogens with zero attached hydrogens (tertiary/aromatic N) is 5. The number of amides is 2. The number of aryl methyl sites for hydroxylation is 1. The van der Waals surface area contributed by atoms with Crippen LogP contribution in [0, 0.1) is 11.3 Å². The van der Waals surface area contributed by atoms with Crippen LogP contribution in [0.3, 0.4) is 0 Å². The molecule has 1 saturated heterocycles. The molecule has 1 fully saturated rings. The topological polar surface area (TPSA) is 130 Å². The molecule has 9 heteroatoms. The van der Waals surface area contributed by atoms with E-state index in [2.05, 4.69) is 27.9 Å². The van der Waals surface area contributed by atoms with E-state index in [0.717, 1.165) is 28.8 Å². The van der Waals surface area contributed by atoms with E-state index >= 15 is 0 Å². The zero-order valence-corrected chi connectivity index (χ0v) is 21.2. The summed E-state index contributed by atoms with van der Waals surface area (Å²) < 4.78 is 1.96. The average molecular weight is 506 g/mol. The SMILES string of the molecule is C=C(C)C(=O)Nc1ccc(-c2c(-c3ccc(C(=O)N4CCCC4C#N)cc3)c3c(N)ncnc3n2C)cc1. The fraction of sp³-hybridized carbons (Fsp3) is 0.207. The molecule has 0 spiro atoms. The number of anilines is 2. The molecule has 1 atom stereocenters. The van der Waals surface area contributed by atoms with Gasteiger partial charge >= 0.3 is 0 Å². The minimum atomic E-state index is -0.382. The summed E-state index contributed by atoms with van der Waals surface area (Å²) in [6.07, 6.45) is 2.97. The molecule has 3 N–H and O–H groups in total. The Morgan fingerprint density at radius 1 is 1.11 bits per heavy atom. The van der Waals surface area contributed by atoms with Crippen molar-refractivity contribution in [3.63, 3.8) is 0 Å². The second-order valence-corrected chi connectivity index (χ2v) is 9.41. The maximum Gasteiger partial charge on any atom is 0.254 e. The van der Waals surface area contributed by atoms with Crippen molar-refractivity contribution < 1.29 is 9.59 Å². The highest BCUT2D eigenvalue weighted by Gasteiger charge is 2.29. The molecule has 0 bridgehead atoms. The van der Waals surface area contributed by atoms with Crippen LogP contribution in [0.15, 0.2) is 67.0 Å². The summed E-state index contributed by atoms with van der Waals surface area (Å²) in [5.41, 5.74) is 12.1. The maximum atomic E-state index is 13.1. The van der Waals surface area contributed by atoms with Crippen LogP contribution in [0.1, 0.15) is 30.1 Å². The van der Waals surface area contributed by atoms with Gasteiger partial charge in [0.15, 0.2) is 0 Å². The maximum absolute atomic E-state index is 13.1. The highest BCUT2D eigenvalue weighted by Crippen LogP contribution is 2.41. The van der Waals surface area contributed by atoms with E-state index in [1.165, 1.54) is 6.33 Å². The summed E-state index contributed by atoms with van der Waals surface area (Å²) in [6, 6.07) is 16.7. The molecule has 4 aromatic rings. The molecular formula is C29H27N7O2. The second-order valence-electron chi connectivity index (χ2n) is 9.41. The van der Waals surface area contributed by atoms with Crippen LogP contribution < -0.4 is 11.1 Å². The van der Waals surface area contributed by atoms with Gasteiger partial charge in [-0.2, -0.15) is 5.26 Å². The quantitative estimate of drug-likeness (QED) is 0.383. The zero-order valence-electron chi connectivity index (χ0n) is 21.2. The van der Waals surface area contributed by atoms with Gasteiger partial charge in [0.25, 0.3) is 11.8 Å². The van der Waals surface area contributed by atoms with Gasteiger partial charge in [-0.05, 0) is 55.2 Å². The van der Waals surface area contributed by atoms with Gasteiger partial charge in [-0.3, -0.25) is 9.59 Å². The molecule has 2 aromatic carbocycles. The number of fused-ring (bicyclic) bond motifs is 1. The van der Waals surface area contributed by atoms with Crippen LogP contribution in [-0.2, 0) is 11.8 Å². The van der Waals surface area contributed by atoms with E-state index in [-0.39, 0.29) is 17.9 Å². The smallest absolute Gasteiger partial charge is 0.254 e. The molecule has 3 heterocycles. The van der Waals surface area contributed by atoms with E-state index in [1.54, 1.807) is 24.0 Å². The van der Waals surface area contributed by atoms with Crippen LogP contribution in [0.25, 0.3) is 33.4 Å². The number of benzene rings is 2. The van der Waals surface area contributed by atoms with Crippen LogP contribution >= 0.6 is 0 Å². The molecule has 1 aliphatic heterocycles. The molecule has 0 aliphatic carbocycles. The van der Waals surface area contributed by atoms with Crippen molar-refractivity contribution in [1.82, 2.24) is 19.4 Å². The van der Waals surface area contributed by atoms with E-state index in [9.17, 15) is 14.9 Å². The molecule has 38 heavy (non-hydrogen) atoms. The van der Waals surface area contributed by atoms with E-state index in [4.69, 9.17) is 5.73 Å². The largest absolute Gasteiger partial charge is 0.383 e. The zero-order chi connectivity index (χ0) is 27.0. The lowest BCUT2D eigenvalue weighted by Gasteiger charge is -2.19. The Kier molecular flexibility index (Phi) is 6.39. The van der Waals surface area contributed by atoms with Crippen molar-refractivity contribution in [2.24, 2.45) is 7.05 Å². The third-order valence-corrected chi connectivity index (χ3v) is 6.88. The minimum Gasteiger partial charge on any atom is -0.383 e. The van der Waals surface area contributed by atoms with Crippen LogP contribution in [0.2, 0.25) is 0 Å². The summed E-state index contributed by atoms with van der Waals surface area (Å²) in [6.45, 7) is 5.92. The standard InChI is InChI=1S/C29H27N7O2/c1-17(2)28(37)34-21-12-10-19(11-13-21)25-23(24-26(31)32-16-33-27(24)35(25)3)18-6-8-20(9-7-18)29(38)36-14-4-5-22(36)15-30/h6-13,16,22H,1,4-5,14H2,2-3H3,(H,34,37)(H2,31,32,33). The van der Waals surface area contributed by atoms with Gasteiger partial charge in [-0.1, -0.05) is 30.8 Å². The number of rotatable bonds is 5. The van der Waals surface area contributed by atoms with Crippen molar-refractivity contribution in [3.8, 4) is 28.5 Å². The summed E-state index contributed by atoms with van der Waals surface area (Å²) in [4.78, 5) is 35.4.